The monoisotopic (exact) mass is 437 g/mol. The molecular formula is C22H32ClN3O4. The smallest absolute Gasteiger partial charge is 0.412 e. The molecule has 0 aliphatic rings. The quantitative estimate of drug-likeness (QED) is 0.471. The standard InChI is InChI=1S/C17H21ClN2O2.C5H11NO2/c1-10(2)11-6-7-14(20-16(21)22-17(3,4)5)13-9-19-15(18)8-12(11)13;1-5(2,3)6-4(7)8/h6-10H,1-5H3,(H,20,21);6H,1-3H3,(H,7,8). The largest absolute Gasteiger partial charge is 0.465 e. The molecule has 166 valence electrons. The fourth-order valence-electron chi connectivity index (χ4n) is 2.58. The number of carbonyl (C=O) groups excluding carboxylic acids is 1. The van der Waals surface area contributed by atoms with Crippen LogP contribution >= 0.6 is 11.6 Å². The van der Waals surface area contributed by atoms with Gasteiger partial charge in [-0.15, -0.1) is 0 Å². The van der Waals surface area contributed by atoms with Crippen LogP contribution in [0.25, 0.3) is 10.8 Å². The molecule has 30 heavy (non-hydrogen) atoms. The molecule has 2 aromatic rings. The van der Waals surface area contributed by atoms with Crippen LogP contribution in [0.5, 0.6) is 0 Å². The highest BCUT2D eigenvalue weighted by Crippen LogP contribution is 2.32. The number of ether oxygens (including phenoxy) is 1. The maximum atomic E-state index is 12.0. The number of hydrogen-bond donors (Lipinski definition) is 3. The third-order valence-electron chi connectivity index (χ3n) is 3.64. The highest BCUT2D eigenvalue weighted by Gasteiger charge is 2.18. The number of rotatable bonds is 2. The number of nitrogens with one attached hydrogen (secondary N) is 2. The summed E-state index contributed by atoms with van der Waals surface area (Å²) in [5, 5.41) is 15.5. The molecule has 2 amide bonds. The van der Waals surface area contributed by atoms with Crippen LogP contribution in [0.4, 0.5) is 15.3 Å². The van der Waals surface area contributed by atoms with Crippen LogP contribution in [0.2, 0.25) is 5.15 Å². The van der Waals surface area contributed by atoms with Crippen LogP contribution in [0.3, 0.4) is 0 Å². The van der Waals surface area contributed by atoms with Crippen LogP contribution in [-0.2, 0) is 4.74 Å². The van der Waals surface area contributed by atoms with Crippen molar-refractivity contribution >= 4 is 40.2 Å². The summed E-state index contributed by atoms with van der Waals surface area (Å²) >= 11 is 6.02. The Labute approximate surface area is 183 Å². The molecule has 8 heteroatoms. The van der Waals surface area contributed by atoms with Gasteiger partial charge in [0.05, 0.1) is 5.69 Å². The van der Waals surface area contributed by atoms with Gasteiger partial charge < -0.3 is 15.2 Å². The zero-order valence-corrected chi connectivity index (χ0v) is 19.6. The molecule has 2 rings (SSSR count). The van der Waals surface area contributed by atoms with Crippen molar-refractivity contribution < 1.29 is 19.4 Å². The molecule has 3 N–H and O–H groups in total. The predicted molar refractivity (Wildman–Crippen MR) is 122 cm³/mol. The first-order valence-electron chi connectivity index (χ1n) is 9.68. The van der Waals surface area contributed by atoms with Crippen LogP contribution in [0, 0.1) is 0 Å². The molecule has 1 aromatic heterocycles. The third-order valence-corrected chi connectivity index (χ3v) is 3.85. The number of halogens is 1. The van der Waals surface area contributed by atoms with Crippen LogP contribution in [-0.4, -0.2) is 33.4 Å². The van der Waals surface area contributed by atoms with Crippen molar-refractivity contribution in [2.75, 3.05) is 5.32 Å². The number of carboxylic acid groups (broad SMARTS) is 1. The highest BCUT2D eigenvalue weighted by molar-refractivity contribution is 6.30. The normalized spacial score (nSPS) is 11.5. The van der Waals surface area contributed by atoms with Crippen molar-refractivity contribution in [1.29, 1.82) is 0 Å². The van der Waals surface area contributed by atoms with E-state index in [-0.39, 0.29) is 5.54 Å². The van der Waals surface area contributed by atoms with E-state index in [1.807, 2.05) is 39.0 Å². The minimum Gasteiger partial charge on any atom is -0.465 e. The summed E-state index contributed by atoms with van der Waals surface area (Å²) in [6.07, 6.45) is 0.217. The SMILES string of the molecule is CC(C)(C)NC(=O)O.CC(C)c1ccc(NC(=O)OC(C)(C)C)c2cnc(Cl)cc12. The van der Waals surface area contributed by atoms with E-state index < -0.39 is 17.8 Å². The minimum absolute atomic E-state index is 0.328. The van der Waals surface area contributed by atoms with Crippen molar-refractivity contribution in [2.45, 2.75) is 72.4 Å². The fraction of sp³-hybridized carbons (Fsp3) is 0.500. The number of pyridine rings is 1. The molecule has 0 unspecified atom stereocenters. The fourth-order valence-corrected chi connectivity index (χ4v) is 2.74. The number of amides is 2. The number of nitrogens with zero attached hydrogens (tertiary/aromatic N) is 1. The Morgan fingerprint density at radius 2 is 1.70 bits per heavy atom. The lowest BCUT2D eigenvalue weighted by Crippen LogP contribution is -2.39. The van der Waals surface area contributed by atoms with E-state index >= 15 is 0 Å². The minimum atomic E-state index is -0.975. The Balaban J connectivity index is 0.000000479. The van der Waals surface area contributed by atoms with E-state index in [0.29, 0.717) is 16.8 Å². The Hall–Kier alpha value is -2.54. The number of carbonyl (C=O) groups is 2. The Morgan fingerprint density at radius 1 is 1.10 bits per heavy atom. The number of hydrogen-bond acceptors (Lipinski definition) is 4. The molecule has 7 nitrogen and oxygen atoms in total. The van der Waals surface area contributed by atoms with Gasteiger partial charge in [-0.2, -0.15) is 0 Å². The summed E-state index contributed by atoms with van der Waals surface area (Å²) in [6.45, 7) is 15.1. The molecule has 0 aliphatic carbocycles. The molecule has 0 bridgehead atoms. The summed E-state index contributed by atoms with van der Waals surface area (Å²) in [5.74, 6) is 0.344. The topological polar surface area (TPSA) is 101 Å². The van der Waals surface area contributed by atoms with E-state index in [9.17, 15) is 9.59 Å². The summed E-state index contributed by atoms with van der Waals surface area (Å²) in [5.41, 5.74) is 0.956. The molecule has 1 heterocycles. The van der Waals surface area contributed by atoms with Crippen molar-refractivity contribution in [3.05, 3.63) is 35.1 Å². The molecule has 1 aromatic carbocycles. The van der Waals surface area contributed by atoms with Gasteiger partial charge >= 0.3 is 12.2 Å². The van der Waals surface area contributed by atoms with Crippen LogP contribution in [0.1, 0.15) is 66.9 Å². The number of benzene rings is 1. The highest BCUT2D eigenvalue weighted by atomic mass is 35.5. The Bertz CT molecular complexity index is 900. The number of aromatic nitrogens is 1. The molecule has 0 saturated heterocycles. The average Bonchev–Trinajstić information content (AvgIpc) is 2.50. The molecule has 0 atom stereocenters. The lowest BCUT2D eigenvalue weighted by molar-refractivity contribution is 0.0636. The van der Waals surface area contributed by atoms with Crippen molar-refractivity contribution in [3.63, 3.8) is 0 Å². The average molecular weight is 438 g/mol. The van der Waals surface area contributed by atoms with Gasteiger partial charge in [0.2, 0.25) is 0 Å². The Kier molecular flexibility index (Phi) is 8.48. The lowest BCUT2D eigenvalue weighted by Gasteiger charge is -2.20. The summed E-state index contributed by atoms with van der Waals surface area (Å²) < 4.78 is 5.30. The molecule has 0 fully saturated rings. The van der Waals surface area contributed by atoms with E-state index in [0.717, 1.165) is 16.3 Å². The number of fused-ring (bicyclic) bond motifs is 1. The predicted octanol–water partition coefficient (Wildman–Crippen LogP) is 6.41. The first kappa shape index (κ1) is 25.5. The zero-order chi connectivity index (χ0) is 23.3. The van der Waals surface area contributed by atoms with Crippen molar-refractivity contribution in [3.8, 4) is 0 Å². The molecular weight excluding hydrogens is 406 g/mol. The number of anilines is 1. The second-order valence-corrected chi connectivity index (χ2v) is 9.60. The van der Waals surface area contributed by atoms with Gasteiger partial charge in [0, 0.05) is 17.1 Å². The van der Waals surface area contributed by atoms with Gasteiger partial charge in [0.1, 0.15) is 10.8 Å². The molecule has 0 spiro atoms. The van der Waals surface area contributed by atoms with Gasteiger partial charge in [0.25, 0.3) is 0 Å². The van der Waals surface area contributed by atoms with Crippen molar-refractivity contribution in [2.24, 2.45) is 0 Å². The van der Waals surface area contributed by atoms with Gasteiger partial charge in [0.15, 0.2) is 0 Å². The van der Waals surface area contributed by atoms with Crippen molar-refractivity contribution in [1.82, 2.24) is 10.3 Å². The van der Waals surface area contributed by atoms with Crippen LogP contribution in [0.15, 0.2) is 24.4 Å². The lowest BCUT2D eigenvalue weighted by atomic mass is 9.96. The third kappa shape index (κ3) is 8.86. The second kappa shape index (κ2) is 9.98. The maximum absolute atomic E-state index is 12.0. The van der Waals surface area contributed by atoms with Gasteiger partial charge in [-0.25, -0.2) is 14.6 Å². The maximum Gasteiger partial charge on any atom is 0.412 e. The van der Waals surface area contributed by atoms with Gasteiger partial charge in [-0.1, -0.05) is 31.5 Å². The molecule has 0 saturated carbocycles. The summed E-state index contributed by atoms with van der Waals surface area (Å²) in [7, 11) is 0. The zero-order valence-electron chi connectivity index (χ0n) is 18.9. The van der Waals surface area contributed by atoms with E-state index in [1.54, 1.807) is 27.0 Å². The van der Waals surface area contributed by atoms with Gasteiger partial charge in [-0.3, -0.25) is 5.32 Å². The van der Waals surface area contributed by atoms with Gasteiger partial charge in [-0.05, 0) is 70.5 Å². The first-order valence-corrected chi connectivity index (χ1v) is 10.1. The van der Waals surface area contributed by atoms with E-state index in [4.69, 9.17) is 21.4 Å². The Morgan fingerprint density at radius 3 is 2.13 bits per heavy atom. The molecule has 0 aliphatic heterocycles. The summed E-state index contributed by atoms with van der Waals surface area (Å²) in [4.78, 5) is 26.0. The van der Waals surface area contributed by atoms with E-state index in [2.05, 4.69) is 29.5 Å². The van der Waals surface area contributed by atoms with Crippen LogP contribution < -0.4 is 10.6 Å². The molecule has 0 radical (unpaired) electrons. The first-order chi connectivity index (χ1) is 13.6. The van der Waals surface area contributed by atoms with E-state index in [1.165, 1.54) is 0 Å². The second-order valence-electron chi connectivity index (χ2n) is 9.22. The summed E-state index contributed by atoms with van der Waals surface area (Å²) in [6, 6.07) is 5.69.